The van der Waals surface area contributed by atoms with Crippen LogP contribution >= 0.6 is 0 Å². The fourth-order valence-electron chi connectivity index (χ4n) is 3.99. The first kappa shape index (κ1) is 16.9. The van der Waals surface area contributed by atoms with E-state index in [0.717, 1.165) is 46.6 Å². The number of fused-ring (bicyclic) bond motifs is 1. The van der Waals surface area contributed by atoms with E-state index in [9.17, 15) is 0 Å². The molecular weight excluding hydrogens is 342 g/mol. The second kappa shape index (κ2) is 7.43. The molecule has 4 aromatic rings. The predicted octanol–water partition coefficient (Wildman–Crippen LogP) is 5.95. The third kappa shape index (κ3) is 3.24. The number of aromatic nitrogens is 2. The van der Waals surface area contributed by atoms with E-state index in [2.05, 4.69) is 71.6 Å². The smallest absolute Gasteiger partial charge is 0.0973 e. The van der Waals surface area contributed by atoms with Gasteiger partial charge in [-0.15, -0.1) is 0 Å². The average Bonchev–Trinajstić information content (AvgIpc) is 2.79. The second-order valence-electron chi connectivity index (χ2n) is 7.37. The third-order valence-corrected chi connectivity index (χ3v) is 5.46. The summed E-state index contributed by atoms with van der Waals surface area (Å²) in [6.45, 7) is 2.26. The van der Waals surface area contributed by atoms with Gasteiger partial charge in [0.2, 0.25) is 0 Å². The van der Waals surface area contributed by atoms with Crippen molar-refractivity contribution in [1.29, 1.82) is 0 Å². The molecule has 0 spiro atoms. The number of rotatable bonds is 3. The Kier molecular flexibility index (Phi) is 4.50. The maximum absolute atomic E-state index is 5.09. The highest BCUT2D eigenvalue weighted by molar-refractivity contribution is 5.87. The summed E-state index contributed by atoms with van der Waals surface area (Å²) in [6.07, 6.45) is 3.88. The van der Waals surface area contributed by atoms with Crippen molar-refractivity contribution in [2.24, 2.45) is 0 Å². The van der Waals surface area contributed by atoms with Crippen molar-refractivity contribution >= 4 is 16.7 Å². The van der Waals surface area contributed by atoms with Gasteiger partial charge in [-0.3, -0.25) is 0 Å². The Morgan fingerprint density at radius 1 is 0.571 bits per heavy atom. The van der Waals surface area contributed by atoms with Crippen molar-refractivity contribution in [2.45, 2.75) is 19.3 Å². The quantitative estimate of drug-likeness (QED) is 0.449. The largest absolute Gasteiger partial charge is 0.371 e. The molecule has 28 heavy (non-hydrogen) atoms. The van der Waals surface area contributed by atoms with Crippen molar-refractivity contribution < 1.29 is 0 Å². The van der Waals surface area contributed by atoms with E-state index in [-0.39, 0.29) is 0 Å². The lowest BCUT2D eigenvalue weighted by Crippen LogP contribution is -2.29. The molecule has 1 aromatic heterocycles. The molecule has 0 radical (unpaired) electrons. The van der Waals surface area contributed by atoms with E-state index in [1.807, 2.05) is 12.1 Å². The van der Waals surface area contributed by atoms with Crippen LogP contribution in [-0.4, -0.2) is 23.1 Å². The Labute approximate surface area is 165 Å². The molecule has 0 saturated carbocycles. The molecule has 0 atom stereocenters. The zero-order valence-corrected chi connectivity index (χ0v) is 15.9. The normalized spacial score (nSPS) is 14.4. The van der Waals surface area contributed by atoms with Gasteiger partial charge in [0.1, 0.15) is 0 Å². The third-order valence-electron chi connectivity index (χ3n) is 5.46. The van der Waals surface area contributed by atoms with Gasteiger partial charge in [0, 0.05) is 29.9 Å². The molecule has 1 saturated heterocycles. The van der Waals surface area contributed by atoms with Crippen molar-refractivity contribution in [1.82, 2.24) is 9.97 Å². The second-order valence-corrected chi connectivity index (χ2v) is 7.37. The number of piperidine rings is 1. The summed E-state index contributed by atoms with van der Waals surface area (Å²) in [5.41, 5.74) is 7.23. The van der Waals surface area contributed by atoms with Gasteiger partial charge in [-0.05, 0) is 37.5 Å². The summed E-state index contributed by atoms with van der Waals surface area (Å²) in [7, 11) is 0. The van der Waals surface area contributed by atoms with Crippen LogP contribution in [0.4, 0.5) is 5.69 Å². The zero-order valence-electron chi connectivity index (χ0n) is 15.9. The molecule has 0 bridgehead atoms. The molecule has 3 heteroatoms. The molecule has 3 nitrogen and oxygen atoms in total. The van der Waals surface area contributed by atoms with Crippen molar-refractivity contribution in [3.05, 3.63) is 78.9 Å². The Balaban J connectivity index is 1.68. The van der Waals surface area contributed by atoms with Crippen LogP contribution in [0.1, 0.15) is 19.3 Å². The zero-order chi connectivity index (χ0) is 18.8. The van der Waals surface area contributed by atoms with Crippen LogP contribution < -0.4 is 4.90 Å². The molecule has 0 amide bonds. The van der Waals surface area contributed by atoms with Crippen molar-refractivity contribution in [2.75, 3.05) is 18.0 Å². The van der Waals surface area contributed by atoms with Crippen LogP contribution in [0.3, 0.4) is 0 Å². The minimum atomic E-state index is 0.935. The number of anilines is 1. The molecule has 138 valence electrons. The average molecular weight is 365 g/mol. The molecule has 1 fully saturated rings. The van der Waals surface area contributed by atoms with Crippen molar-refractivity contribution in [3.8, 4) is 22.5 Å². The standard InChI is InChI=1S/C25H23N3/c1-4-10-19(11-5-1)24-25(20-12-6-2-7-13-20)27-23-18-21(14-15-22(23)26-24)28-16-8-3-9-17-28/h1-2,4-7,10-15,18H,3,8-9,16-17H2. The molecule has 0 aliphatic carbocycles. The first-order valence-corrected chi connectivity index (χ1v) is 10.1. The van der Waals surface area contributed by atoms with E-state index in [0.29, 0.717) is 0 Å². The first-order valence-electron chi connectivity index (χ1n) is 10.1. The first-order chi connectivity index (χ1) is 13.9. The summed E-state index contributed by atoms with van der Waals surface area (Å²) < 4.78 is 0. The van der Waals surface area contributed by atoms with Gasteiger partial charge in [0.25, 0.3) is 0 Å². The minimum Gasteiger partial charge on any atom is -0.371 e. The van der Waals surface area contributed by atoms with Crippen LogP contribution in [0.25, 0.3) is 33.5 Å². The number of nitrogens with zero attached hydrogens (tertiary/aromatic N) is 3. The maximum Gasteiger partial charge on any atom is 0.0973 e. The van der Waals surface area contributed by atoms with E-state index in [1.54, 1.807) is 0 Å². The Bertz CT molecular complexity index is 1080. The number of benzene rings is 3. The topological polar surface area (TPSA) is 29.0 Å². The monoisotopic (exact) mass is 365 g/mol. The summed E-state index contributed by atoms with van der Waals surface area (Å²) in [5, 5.41) is 0. The fourth-order valence-corrected chi connectivity index (χ4v) is 3.99. The van der Waals surface area contributed by atoms with Gasteiger partial charge in [-0.25, -0.2) is 9.97 Å². The Morgan fingerprint density at radius 2 is 1.14 bits per heavy atom. The van der Waals surface area contributed by atoms with Gasteiger partial charge in [-0.2, -0.15) is 0 Å². The highest BCUT2D eigenvalue weighted by Gasteiger charge is 2.15. The molecule has 3 aromatic carbocycles. The molecule has 5 rings (SSSR count). The van der Waals surface area contributed by atoms with Crippen LogP contribution in [0.5, 0.6) is 0 Å². The Morgan fingerprint density at radius 3 is 1.75 bits per heavy atom. The summed E-state index contributed by atoms with van der Waals surface area (Å²) in [4.78, 5) is 12.6. The molecule has 1 aliphatic heterocycles. The van der Waals surface area contributed by atoms with E-state index < -0.39 is 0 Å². The molecule has 0 unspecified atom stereocenters. The number of hydrogen-bond acceptors (Lipinski definition) is 3. The lowest BCUT2D eigenvalue weighted by Gasteiger charge is -2.28. The molecule has 2 heterocycles. The van der Waals surface area contributed by atoms with E-state index in [1.165, 1.54) is 24.9 Å². The van der Waals surface area contributed by atoms with Crippen LogP contribution in [-0.2, 0) is 0 Å². The SMILES string of the molecule is c1ccc(-c2nc3ccc(N4CCCCC4)cc3nc2-c2ccccc2)cc1. The highest BCUT2D eigenvalue weighted by atomic mass is 15.1. The number of hydrogen-bond donors (Lipinski definition) is 0. The van der Waals surface area contributed by atoms with Gasteiger partial charge in [0.15, 0.2) is 0 Å². The van der Waals surface area contributed by atoms with E-state index >= 15 is 0 Å². The predicted molar refractivity (Wildman–Crippen MR) is 116 cm³/mol. The van der Waals surface area contributed by atoms with Gasteiger partial charge in [0.05, 0.1) is 22.4 Å². The summed E-state index contributed by atoms with van der Waals surface area (Å²) >= 11 is 0. The summed E-state index contributed by atoms with van der Waals surface area (Å²) in [5.74, 6) is 0. The highest BCUT2D eigenvalue weighted by Crippen LogP contribution is 2.32. The van der Waals surface area contributed by atoms with Gasteiger partial charge >= 0.3 is 0 Å². The van der Waals surface area contributed by atoms with E-state index in [4.69, 9.17) is 9.97 Å². The summed E-state index contributed by atoms with van der Waals surface area (Å²) in [6, 6.07) is 27.2. The lowest BCUT2D eigenvalue weighted by atomic mass is 10.0. The van der Waals surface area contributed by atoms with Gasteiger partial charge in [-0.1, -0.05) is 60.7 Å². The maximum atomic E-state index is 5.09. The Hall–Kier alpha value is -3.20. The van der Waals surface area contributed by atoms with Crippen LogP contribution in [0, 0.1) is 0 Å². The van der Waals surface area contributed by atoms with Crippen LogP contribution in [0.2, 0.25) is 0 Å². The molecular formula is C25H23N3. The van der Waals surface area contributed by atoms with Crippen LogP contribution in [0.15, 0.2) is 78.9 Å². The molecule has 1 aliphatic rings. The minimum absolute atomic E-state index is 0.935. The van der Waals surface area contributed by atoms with Crippen molar-refractivity contribution in [3.63, 3.8) is 0 Å². The lowest BCUT2D eigenvalue weighted by molar-refractivity contribution is 0.578. The fraction of sp³-hybridized carbons (Fsp3) is 0.200. The molecule has 0 N–H and O–H groups in total. The van der Waals surface area contributed by atoms with Gasteiger partial charge < -0.3 is 4.90 Å².